The van der Waals surface area contributed by atoms with Crippen LogP contribution in [-0.2, 0) is 0 Å². The molecule has 5 aromatic rings. The number of hydrogen-bond acceptors (Lipinski definition) is 3. The molecule has 7 heteroatoms. The van der Waals surface area contributed by atoms with Crippen LogP contribution in [0.5, 0.6) is 0 Å². The van der Waals surface area contributed by atoms with Gasteiger partial charge in [-0.3, -0.25) is 4.79 Å². The molecule has 0 saturated heterocycles. The average Bonchev–Trinajstić information content (AvgIpc) is 3.31. The zero-order chi connectivity index (χ0) is 24.4. The predicted octanol–water partition coefficient (Wildman–Crippen LogP) is 7.07. The molecule has 1 amide bonds. The Morgan fingerprint density at radius 1 is 0.914 bits per heavy atom. The van der Waals surface area contributed by atoms with Gasteiger partial charge in [-0.1, -0.05) is 77.8 Å². The van der Waals surface area contributed by atoms with Crippen LogP contribution < -0.4 is 5.43 Å². The highest BCUT2D eigenvalue weighted by molar-refractivity contribution is 6.36. The van der Waals surface area contributed by atoms with Crippen molar-refractivity contribution >= 4 is 46.1 Å². The summed E-state index contributed by atoms with van der Waals surface area (Å²) in [6, 6.07) is 29.2. The minimum absolute atomic E-state index is 0.244. The van der Waals surface area contributed by atoms with Crippen molar-refractivity contribution in [1.82, 2.24) is 15.2 Å². The van der Waals surface area contributed by atoms with Crippen LogP contribution in [0.1, 0.15) is 21.6 Å². The summed E-state index contributed by atoms with van der Waals surface area (Å²) in [4.78, 5) is 12.9. The fourth-order valence-corrected chi connectivity index (χ4v) is 4.28. The highest BCUT2D eigenvalue weighted by Gasteiger charge is 2.17. The molecular weight excluding hydrogens is 479 g/mol. The van der Waals surface area contributed by atoms with E-state index in [0.717, 1.165) is 33.3 Å². The van der Waals surface area contributed by atoms with Crippen LogP contribution in [0.4, 0.5) is 0 Å². The van der Waals surface area contributed by atoms with E-state index in [9.17, 15) is 4.79 Å². The van der Waals surface area contributed by atoms with Crippen LogP contribution in [0.2, 0.25) is 10.0 Å². The van der Waals surface area contributed by atoms with Crippen molar-refractivity contribution in [2.75, 3.05) is 0 Å². The molecule has 172 valence electrons. The van der Waals surface area contributed by atoms with Crippen molar-refractivity contribution < 1.29 is 4.79 Å². The van der Waals surface area contributed by atoms with Gasteiger partial charge in [0.2, 0.25) is 0 Å². The lowest BCUT2D eigenvalue weighted by Gasteiger charge is -2.09. The van der Waals surface area contributed by atoms with Gasteiger partial charge in [-0.05, 0) is 59.7 Å². The lowest BCUT2D eigenvalue weighted by atomic mass is 10.0. The summed E-state index contributed by atoms with van der Waals surface area (Å²) in [5, 5.41) is 11.9. The monoisotopic (exact) mass is 498 g/mol. The maximum Gasteiger partial charge on any atom is 0.291 e. The van der Waals surface area contributed by atoms with Gasteiger partial charge < -0.3 is 0 Å². The van der Waals surface area contributed by atoms with Crippen LogP contribution in [0.3, 0.4) is 0 Å². The van der Waals surface area contributed by atoms with Crippen molar-refractivity contribution in [1.29, 1.82) is 0 Å². The molecule has 0 radical (unpaired) electrons. The number of aromatic nitrogens is 2. The van der Waals surface area contributed by atoms with Crippen molar-refractivity contribution in [3.05, 3.63) is 118 Å². The Balaban J connectivity index is 1.50. The number of halogens is 2. The molecule has 35 heavy (non-hydrogen) atoms. The van der Waals surface area contributed by atoms with E-state index >= 15 is 0 Å². The number of benzene rings is 4. The van der Waals surface area contributed by atoms with Crippen LogP contribution in [0, 0.1) is 6.92 Å². The smallest absolute Gasteiger partial charge is 0.265 e. The van der Waals surface area contributed by atoms with E-state index in [2.05, 4.69) is 39.9 Å². The number of rotatable bonds is 5. The molecule has 0 fully saturated rings. The molecule has 0 bridgehead atoms. The Morgan fingerprint density at radius 3 is 2.54 bits per heavy atom. The van der Waals surface area contributed by atoms with Crippen molar-refractivity contribution in [3.63, 3.8) is 0 Å². The molecule has 0 aliphatic rings. The summed E-state index contributed by atoms with van der Waals surface area (Å²) in [5.41, 5.74) is 7.13. The number of carbonyl (C=O) groups is 1. The Hall–Kier alpha value is -3.93. The number of carbonyl (C=O) groups excluding carboxylic acids is 1. The van der Waals surface area contributed by atoms with Crippen molar-refractivity contribution in [2.45, 2.75) is 6.92 Å². The van der Waals surface area contributed by atoms with E-state index in [1.54, 1.807) is 28.9 Å². The first-order valence-electron chi connectivity index (χ1n) is 10.9. The first-order valence-corrected chi connectivity index (χ1v) is 11.7. The normalized spacial score (nSPS) is 11.3. The summed E-state index contributed by atoms with van der Waals surface area (Å²) < 4.78 is 1.78. The van der Waals surface area contributed by atoms with Crippen molar-refractivity contribution in [3.8, 4) is 16.9 Å². The summed E-state index contributed by atoms with van der Waals surface area (Å²) in [5.74, 6) is -0.431. The second-order valence-corrected chi connectivity index (χ2v) is 8.94. The molecule has 5 nitrogen and oxygen atoms in total. The Kier molecular flexibility index (Phi) is 6.36. The molecule has 0 saturated carbocycles. The third kappa shape index (κ3) is 4.97. The second-order valence-electron chi connectivity index (χ2n) is 8.09. The lowest BCUT2D eigenvalue weighted by molar-refractivity contribution is 0.0949. The van der Waals surface area contributed by atoms with E-state index < -0.39 is 5.91 Å². The summed E-state index contributed by atoms with van der Waals surface area (Å²) in [7, 11) is 0. The molecule has 1 N–H and O–H groups in total. The van der Waals surface area contributed by atoms with Crippen LogP contribution in [-0.4, -0.2) is 21.9 Å². The third-order valence-corrected chi connectivity index (χ3v) is 6.13. The molecule has 0 spiro atoms. The van der Waals surface area contributed by atoms with Crippen LogP contribution >= 0.6 is 23.2 Å². The zero-order valence-corrected chi connectivity index (χ0v) is 20.3. The van der Waals surface area contributed by atoms with Crippen LogP contribution in [0.15, 0.2) is 96.1 Å². The Bertz CT molecular complexity index is 1590. The van der Waals surface area contributed by atoms with E-state index in [1.807, 2.05) is 49.4 Å². The number of aryl methyl sites for hydroxylation is 1. The fourth-order valence-electron chi connectivity index (χ4n) is 3.83. The minimum Gasteiger partial charge on any atom is -0.265 e. The average molecular weight is 499 g/mol. The molecular formula is C28H20Cl2N4O. The van der Waals surface area contributed by atoms with Crippen LogP contribution in [0.25, 0.3) is 27.7 Å². The highest BCUT2D eigenvalue weighted by atomic mass is 35.5. The molecule has 0 unspecified atom stereocenters. The summed E-state index contributed by atoms with van der Waals surface area (Å²) in [6.45, 7) is 2.02. The summed E-state index contributed by atoms with van der Waals surface area (Å²) in [6.07, 6.45) is 1.47. The standard InChI is InChI=1S/C28H20Cl2N4O/c1-18-5-4-8-24(13-18)34-27(21-10-9-19-6-2-3-7-20(19)14-21)16-26(33-34)28(35)32-31-17-22-11-12-23(29)15-25(22)30/h2-17H,1H3,(H,32,35)/b31-17-. The molecule has 0 aliphatic carbocycles. The number of amides is 1. The van der Waals surface area contributed by atoms with Gasteiger partial charge in [0, 0.05) is 16.1 Å². The Labute approximate surface area is 212 Å². The quantitative estimate of drug-likeness (QED) is 0.208. The van der Waals surface area contributed by atoms with Gasteiger partial charge in [-0.25, -0.2) is 10.1 Å². The minimum atomic E-state index is -0.431. The molecule has 0 atom stereocenters. The predicted molar refractivity (Wildman–Crippen MR) is 143 cm³/mol. The molecule has 5 rings (SSSR count). The number of nitrogens with zero attached hydrogens (tertiary/aromatic N) is 3. The van der Waals surface area contributed by atoms with Gasteiger partial charge in [-0.15, -0.1) is 0 Å². The van der Waals surface area contributed by atoms with E-state index in [0.29, 0.717) is 15.6 Å². The molecule has 4 aromatic carbocycles. The van der Waals surface area contributed by atoms with Gasteiger partial charge in [0.05, 0.1) is 22.6 Å². The topological polar surface area (TPSA) is 59.3 Å². The lowest BCUT2D eigenvalue weighted by Crippen LogP contribution is -2.18. The maximum absolute atomic E-state index is 12.9. The molecule has 1 aromatic heterocycles. The third-order valence-electron chi connectivity index (χ3n) is 5.57. The second kappa shape index (κ2) is 9.74. The maximum atomic E-state index is 12.9. The van der Waals surface area contributed by atoms with E-state index in [1.165, 1.54) is 6.21 Å². The number of fused-ring (bicyclic) bond motifs is 1. The molecule has 0 aliphatic heterocycles. The van der Waals surface area contributed by atoms with Gasteiger partial charge in [-0.2, -0.15) is 10.2 Å². The first kappa shape index (κ1) is 22.8. The van der Waals surface area contributed by atoms with Gasteiger partial charge in [0.1, 0.15) is 0 Å². The first-order chi connectivity index (χ1) is 17.0. The van der Waals surface area contributed by atoms with Gasteiger partial charge in [0.25, 0.3) is 5.91 Å². The fraction of sp³-hybridized carbons (Fsp3) is 0.0357. The van der Waals surface area contributed by atoms with Gasteiger partial charge in [0.15, 0.2) is 5.69 Å². The Morgan fingerprint density at radius 2 is 1.74 bits per heavy atom. The number of hydrogen-bond donors (Lipinski definition) is 1. The summed E-state index contributed by atoms with van der Waals surface area (Å²) >= 11 is 12.1. The number of hydrazone groups is 1. The SMILES string of the molecule is Cc1cccc(-n2nc(C(=O)N/N=C\c3ccc(Cl)cc3Cl)cc2-c2ccc3ccccc3c2)c1. The zero-order valence-electron chi connectivity index (χ0n) is 18.7. The van der Waals surface area contributed by atoms with E-state index in [4.69, 9.17) is 23.2 Å². The van der Waals surface area contributed by atoms with E-state index in [-0.39, 0.29) is 5.69 Å². The van der Waals surface area contributed by atoms with Crippen molar-refractivity contribution in [2.24, 2.45) is 5.10 Å². The number of nitrogens with one attached hydrogen (secondary N) is 1. The van der Waals surface area contributed by atoms with Gasteiger partial charge >= 0.3 is 0 Å². The highest BCUT2D eigenvalue weighted by Crippen LogP contribution is 2.28. The largest absolute Gasteiger partial charge is 0.291 e. The molecule has 1 heterocycles.